The molecule has 1 atom stereocenters. The van der Waals surface area contributed by atoms with Gasteiger partial charge in [-0.2, -0.15) is 13.2 Å². The van der Waals surface area contributed by atoms with E-state index in [2.05, 4.69) is 10.3 Å². The number of urea groups is 1. The Hall–Kier alpha value is -2.84. The molecule has 2 aromatic rings. The Labute approximate surface area is 153 Å². The fraction of sp³-hybridized carbons (Fsp3) is 0.333. The maximum absolute atomic E-state index is 12.9. The zero-order valence-corrected chi connectivity index (χ0v) is 14.2. The van der Waals surface area contributed by atoms with Crippen LogP contribution >= 0.6 is 0 Å². The predicted molar refractivity (Wildman–Crippen MR) is 88.5 cm³/mol. The van der Waals surface area contributed by atoms with Crippen LogP contribution in [0.5, 0.6) is 5.88 Å². The molecule has 2 amide bonds. The van der Waals surface area contributed by atoms with Gasteiger partial charge in [-0.1, -0.05) is 12.1 Å². The lowest BCUT2D eigenvalue weighted by molar-refractivity contribution is -0.137. The topological polar surface area (TPSA) is 54.5 Å². The Morgan fingerprint density at radius 3 is 2.70 bits per heavy atom. The highest BCUT2D eigenvalue weighted by Crippen LogP contribution is 2.31. The molecular formula is C18H17F4N3O2. The molecule has 1 aromatic carbocycles. The number of rotatable bonds is 4. The van der Waals surface area contributed by atoms with Crippen LogP contribution in [0.4, 0.5) is 22.4 Å². The Bertz CT molecular complexity index is 796. The molecule has 0 unspecified atom stereocenters. The molecule has 0 radical (unpaired) electrons. The smallest absolute Gasteiger partial charge is 0.416 e. The molecule has 1 aromatic heterocycles. The van der Waals surface area contributed by atoms with E-state index in [1.54, 1.807) is 12.1 Å². The van der Waals surface area contributed by atoms with Crippen LogP contribution in [-0.4, -0.2) is 35.1 Å². The van der Waals surface area contributed by atoms with Crippen LogP contribution in [0.3, 0.4) is 0 Å². The third-order valence-corrected chi connectivity index (χ3v) is 4.14. The van der Waals surface area contributed by atoms with Gasteiger partial charge in [0.2, 0.25) is 5.88 Å². The Balaban J connectivity index is 1.51. The van der Waals surface area contributed by atoms with Gasteiger partial charge in [-0.25, -0.2) is 14.2 Å². The molecular weight excluding hydrogens is 366 g/mol. The first-order chi connectivity index (χ1) is 12.8. The summed E-state index contributed by atoms with van der Waals surface area (Å²) in [6.07, 6.45) is -3.37. The Morgan fingerprint density at radius 1 is 1.26 bits per heavy atom. The first kappa shape index (κ1) is 18.9. The monoisotopic (exact) mass is 383 g/mol. The van der Waals surface area contributed by atoms with Gasteiger partial charge in [-0.3, -0.25) is 0 Å². The molecule has 1 aliphatic heterocycles. The van der Waals surface area contributed by atoms with Gasteiger partial charge in [-0.05, 0) is 23.8 Å². The highest BCUT2D eigenvalue weighted by Gasteiger charge is 2.32. The van der Waals surface area contributed by atoms with Crippen molar-refractivity contribution in [3.05, 3.63) is 59.5 Å². The normalized spacial score (nSPS) is 17.0. The zero-order chi connectivity index (χ0) is 19.4. The highest BCUT2D eigenvalue weighted by molar-refractivity contribution is 5.74. The van der Waals surface area contributed by atoms with Crippen LogP contribution in [0.2, 0.25) is 0 Å². The number of amides is 2. The number of hydrogen-bond donors (Lipinski definition) is 1. The van der Waals surface area contributed by atoms with E-state index in [9.17, 15) is 22.4 Å². The van der Waals surface area contributed by atoms with E-state index < -0.39 is 17.8 Å². The molecule has 0 aliphatic carbocycles. The second-order valence-corrected chi connectivity index (χ2v) is 6.14. The lowest BCUT2D eigenvalue weighted by Gasteiger charge is -2.18. The molecule has 0 bridgehead atoms. The van der Waals surface area contributed by atoms with Crippen molar-refractivity contribution in [2.45, 2.75) is 25.2 Å². The number of halogens is 4. The summed E-state index contributed by atoms with van der Waals surface area (Å²) in [5.74, 6) is -0.476. The number of alkyl halides is 3. The van der Waals surface area contributed by atoms with Gasteiger partial charge in [0.05, 0.1) is 12.1 Å². The first-order valence-corrected chi connectivity index (χ1v) is 8.28. The molecule has 1 aliphatic rings. The number of hydrogen-bond acceptors (Lipinski definition) is 3. The van der Waals surface area contributed by atoms with Crippen molar-refractivity contribution in [2.75, 3.05) is 13.1 Å². The minimum Gasteiger partial charge on any atom is -0.472 e. The number of aromatic nitrogens is 1. The van der Waals surface area contributed by atoms with Crippen LogP contribution in [0.25, 0.3) is 0 Å². The van der Waals surface area contributed by atoms with Crippen LogP contribution in [0.1, 0.15) is 17.5 Å². The molecule has 9 heteroatoms. The van der Waals surface area contributed by atoms with Gasteiger partial charge in [0.25, 0.3) is 0 Å². The molecule has 0 saturated carbocycles. The van der Waals surface area contributed by atoms with Crippen molar-refractivity contribution in [2.24, 2.45) is 0 Å². The number of benzene rings is 1. The van der Waals surface area contributed by atoms with Crippen molar-refractivity contribution in [1.29, 1.82) is 0 Å². The number of carbonyl (C=O) groups excluding carboxylic acids is 1. The summed E-state index contributed by atoms with van der Waals surface area (Å²) in [4.78, 5) is 17.5. The van der Waals surface area contributed by atoms with E-state index in [0.717, 1.165) is 23.9 Å². The molecule has 27 heavy (non-hydrogen) atoms. The average Bonchev–Trinajstić information content (AvgIpc) is 3.09. The third kappa shape index (κ3) is 5.08. The van der Waals surface area contributed by atoms with E-state index in [-0.39, 0.29) is 30.8 Å². The van der Waals surface area contributed by atoms with Gasteiger partial charge in [0.1, 0.15) is 11.9 Å². The maximum atomic E-state index is 12.9. The molecule has 0 spiro atoms. The van der Waals surface area contributed by atoms with Crippen molar-refractivity contribution in [3.63, 3.8) is 0 Å². The van der Waals surface area contributed by atoms with E-state index >= 15 is 0 Å². The van der Waals surface area contributed by atoms with Gasteiger partial charge in [0, 0.05) is 31.8 Å². The van der Waals surface area contributed by atoms with E-state index in [1.165, 1.54) is 17.0 Å². The Morgan fingerprint density at radius 2 is 2.00 bits per heavy atom. The van der Waals surface area contributed by atoms with Crippen molar-refractivity contribution < 1.29 is 27.1 Å². The van der Waals surface area contributed by atoms with Crippen LogP contribution in [0, 0.1) is 5.82 Å². The van der Waals surface area contributed by atoms with Gasteiger partial charge >= 0.3 is 12.2 Å². The van der Waals surface area contributed by atoms with E-state index in [4.69, 9.17) is 4.74 Å². The standard InChI is InChI=1S/C18H17F4N3O2/c19-14-3-1-12(2-4-14)10-24-17(26)25-8-6-15(11-25)27-16-9-13(5-7-23-16)18(20,21)22/h1-5,7,9,15H,6,8,10-11H2,(H,24,26)/t15-/m0/s1. The van der Waals surface area contributed by atoms with E-state index in [0.29, 0.717) is 13.0 Å². The number of nitrogens with zero attached hydrogens (tertiary/aromatic N) is 2. The average molecular weight is 383 g/mol. The minimum absolute atomic E-state index is 0.122. The van der Waals surface area contributed by atoms with Crippen LogP contribution in [-0.2, 0) is 12.7 Å². The second-order valence-electron chi connectivity index (χ2n) is 6.14. The van der Waals surface area contributed by atoms with Crippen molar-refractivity contribution in [3.8, 4) is 5.88 Å². The maximum Gasteiger partial charge on any atom is 0.416 e. The SMILES string of the molecule is O=C(NCc1ccc(F)cc1)N1CC[C@H](Oc2cc(C(F)(F)F)ccn2)C1. The van der Waals surface area contributed by atoms with Crippen molar-refractivity contribution >= 4 is 6.03 Å². The van der Waals surface area contributed by atoms with Gasteiger partial charge in [-0.15, -0.1) is 0 Å². The first-order valence-electron chi connectivity index (χ1n) is 8.28. The van der Waals surface area contributed by atoms with E-state index in [1.807, 2.05) is 0 Å². The number of carbonyl (C=O) groups is 1. The summed E-state index contributed by atoms with van der Waals surface area (Å²) >= 11 is 0. The predicted octanol–water partition coefficient (Wildman–Crippen LogP) is 3.60. The summed E-state index contributed by atoms with van der Waals surface area (Å²) < 4.78 is 56.6. The fourth-order valence-electron chi connectivity index (χ4n) is 2.72. The van der Waals surface area contributed by atoms with Crippen LogP contribution < -0.4 is 10.1 Å². The summed E-state index contributed by atoms with van der Waals surface area (Å²) in [5, 5.41) is 2.72. The van der Waals surface area contributed by atoms with Crippen LogP contribution in [0.15, 0.2) is 42.6 Å². The second kappa shape index (κ2) is 7.81. The quantitative estimate of drug-likeness (QED) is 0.821. The summed E-state index contributed by atoms with van der Waals surface area (Å²) in [6, 6.07) is 7.17. The highest BCUT2D eigenvalue weighted by atomic mass is 19.4. The number of pyridine rings is 1. The van der Waals surface area contributed by atoms with Crippen molar-refractivity contribution in [1.82, 2.24) is 15.2 Å². The summed E-state index contributed by atoms with van der Waals surface area (Å²) in [5.41, 5.74) is -0.0793. The lowest BCUT2D eigenvalue weighted by Crippen LogP contribution is -2.39. The van der Waals surface area contributed by atoms with Gasteiger partial charge in [0.15, 0.2) is 0 Å². The fourth-order valence-corrected chi connectivity index (χ4v) is 2.72. The molecule has 5 nitrogen and oxygen atoms in total. The summed E-state index contributed by atoms with van der Waals surface area (Å²) in [6.45, 7) is 0.905. The minimum atomic E-state index is -4.47. The molecule has 1 saturated heterocycles. The third-order valence-electron chi connectivity index (χ3n) is 4.14. The molecule has 3 rings (SSSR count). The number of nitrogens with one attached hydrogen (secondary N) is 1. The molecule has 144 valence electrons. The lowest BCUT2D eigenvalue weighted by atomic mass is 10.2. The van der Waals surface area contributed by atoms with Gasteiger partial charge < -0.3 is 15.0 Å². The molecule has 2 heterocycles. The Kier molecular flexibility index (Phi) is 5.48. The number of likely N-dealkylation sites (tertiary alicyclic amines) is 1. The molecule has 1 N–H and O–H groups in total. The zero-order valence-electron chi connectivity index (χ0n) is 14.2. The molecule has 1 fully saturated rings. The largest absolute Gasteiger partial charge is 0.472 e. The number of ether oxygens (including phenoxy) is 1. The summed E-state index contributed by atoms with van der Waals surface area (Å²) in [7, 11) is 0.